The lowest BCUT2D eigenvalue weighted by atomic mass is 9.49. The molecule has 4 bridgehead atoms. The monoisotopic (exact) mass is 288 g/mol. The number of hydrogen-bond donors (Lipinski definition) is 2. The number of carbonyl (C=O) groups is 1. The minimum atomic E-state index is -0.0803. The zero-order valence-corrected chi connectivity index (χ0v) is 12.6. The summed E-state index contributed by atoms with van der Waals surface area (Å²) in [6.45, 7) is 0.806. The summed E-state index contributed by atoms with van der Waals surface area (Å²) in [7, 11) is 1.76. The molecule has 4 saturated carbocycles. The molecule has 114 valence electrons. The van der Waals surface area contributed by atoms with Gasteiger partial charge in [0.1, 0.15) is 5.69 Å². The van der Waals surface area contributed by atoms with Crippen LogP contribution in [-0.4, -0.2) is 22.2 Å². The van der Waals surface area contributed by atoms with Crippen molar-refractivity contribution in [2.45, 2.75) is 38.5 Å². The molecular weight excluding hydrogens is 264 g/mol. The Labute approximate surface area is 125 Å². The molecule has 0 aliphatic heterocycles. The average molecular weight is 288 g/mol. The Kier molecular flexibility index (Phi) is 2.81. The van der Waals surface area contributed by atoms with E-state index in [1.807, 2.05) is 0 Å². The van der Waals surface area contributed by atoms with Gasteiger partial charge in [-0.05, 0) is 61.7 Å². The summed E-state index contributed by atoms with van der Waals surface area (Å²) in [6.07, 6.45) is 9.76. The van der Waals surface area contributed by atoms with Gasteiger partial charge in [-0.25, -0.2) is 0 Å². The first-order valence-electron chi connectivity index (χ1n) is 8.10. The van der Waals surface area contributed by atoms with Crippen LogP contribution < -0.4 is 11.1 Å². The van der Waals surface area contributed by atoms with Gasteiger partial charge in [-0.1, -0.05) is 0 Å². The highest BCUT2D eigenvalue weighted by atomic mass is 16.2. The lowest BCUT2D eigenvalue weighted by Gasteiger charge is -2.56. The highest BCUT2D eigenvalue weighted by molar-refractivity contribution is 5.97. The zero-order chi connectivity index (χ0) is 14.6. The predicted molar refractivity (Wildman–Crippen MR) is 80.6 cm³/mol. The van der Waals surface area contributed by atoms with E-state index in [-0.39, 0.29) is 5.91 Å². The number of amides is 1. The number of rotatable bonds is 3. The van der Waals surface area contributed by atoms with Crippen LogP contribution in [0, 0.1) is 23.2 Å². The van der Waals surface area contributed by atoms with Gasteiger partial charge in [-0.15, -0.1) is 0 Å². The molecule has 1 amide bonds. The lowest BCUT2D eigenvalue weighted by Crippen LogP contribution is -2.51. The van der Waals surface area contributed by atoms with Gasteiger partial charge < -0.3 is 11.1 Å². The second-order valence-corrected chi connectivity index (χ2v) is 7.67. The van der Waals surface area contributed by atoms with Crippen molar-refractivity contribution < 1.29 is 4.79 Å². The van der Waals surface area contributed by atoms with Crippen LogP contribution in [-0.2, 0) is 7.05 Å². The second kappa shape index (κ2) is 4.49. The fourth-order valence-corrected chi connectivity index (χ4v) is 5.59. The first-order valence-corrected chi connectivity index (χ1v) is 8.10. The number of hydrogen-bond acceptors (Lipinski definition) is 3. The highest BCUT2D eigenvalue weighted by Gasteiger charge is 2.50. The molecular formula is C16H24N4O. The SMILES string of the molecule is Cn1ncc(N)c1C(=O)NCC12CC3CC(CC(C3)C1)C2. The molecule has 4 aliphatic rings. The Balaban J connectivity index is 1.46. The molecule has 5 nitrogen and oxygen atoms in total. The maximum atomic E-state index is 12.4. The Morgan fingerprint density at radius 1 is 1.33 bits per heavy atom. The molecule has 5 heteroatoms. The quantitative estimate of drug-likeness (QED) is 0.893. The van der Waals surface area contributed by atoms with E-state index in [9.17, 15) is 4.79 Å². The van der Waals surface area contributed by atoms with Crippen LogP contribution in [0.2, 0.25) is 0 Å². The fourth-order valence-electron chi connectivity index (χ4n) is 5.59. The molecule has 1 aromatic heterocycles. The van der Waals surface area contributed by atoms with Gasteiger partial charge in [0.05, 0.1) is 11.9 Å². The van der Waals surface area contributed by atoms with Gasteiger partial charge in [0.25, 0.3) is 5.91 Å². The van der Waals surface area contributed by atoms with Crippen molar-refractivity contribution in [3.8, 4) is 0 Å². The van der Waals surface area contributed by atoms with Crippen molar-refractivity contribution in [3.05, 3.63) is 11.9 Å². The molecule has 1 heterocycles. The van der Waals surface area contributed by atoms with Gasteiger partial charge in [0.15, 0.2) is 0 Å². The van der Waals surface area contributed by atoms with E-state index >= 15 is 0 Å². The van der Waals surface area contributed by atoms with Gasteiger partial charge in [-0.3, -0.25) is 9.48 Å². The molecule has 21 heavy (non-hydrogen) atoms. The summed E-state index contributed by atoms with van der Waals surface area (Å²) in [5.74, 6) is 2.66. The Morgan fingerprint density at radius 2 is 1.90 bits per heavy atom. The molecule has 0 saturated heterocycles. The first kappa shape index (κ1) is 13.2. The number of nitrogens with two attached hydrogens (primary N) is 1. The average Bonchev–Trinajstić information content (AvgIpc) is 2.74. The van der Waals surface area contributed by atoms with Crippen LogP contribution in [0.15, 0.2) is 6.20 Å². The van der Waals surface area contributed by atoms with Gasteiger partial charge >= 0.3 is 0 Å². The van der Waals surface area contributed by atoms with E-state index < -0.39 is 0 Å². The van der Waals surface area contributed by atoms with E-state index in [0.29, 0.717) is 16.8 Å². The molecule has 5 rings (SSSR count). The topological polar surface area (TPSA) is 72.9 Å². The number of aromatic nitrogens is 2. The van der Waals surface area contributed by atoms with Crippen molar-refractivity contribution in [2.24, 2.45) is 30.2 Å². The number of nitrogen functional groups attached to an aromatic ring is 1. The summed E-state index contributed by atoms with van der Waals surface area (Å²) in [5.41, 5.74) is 7.14. The van der Waals surface area contributed by atoms with Crippen molar-refractivity contribution in [3.63, 3.8) is 0 Å². The minimum Gasteiger partial charge on any atom is -0.396 e. The molecule has 0 unspecified atom stereocenters. The smallest absolute Gasteiger partial charge is 0.271 e. The molecule has 4 aliphatic carbocycles. The second-order valence-electron chi connectivity index (χ2n) is 7.67. The van der Waals surface area contributed by atoms with Crippen LogP contribution in [0.1, 0.15) is 49.0 Å². The molecule has 1 aromatic rings. The largest absolute Gasteiger partial charge is 0.396 e. The summed E-state index contributed by atoms with van der Waals surface area (Å²) < 4.78 is 1.56. The normalized spacial score (nSPS) is 36.9. The summed E-state index contributed by atoms with van der Waals surface area (Å²) in [4.78, 5) is 12.4. The fraction of sp³-hybridized carbons (Fsp3) is 0.750. The van der Waals surface area contributed by atoms with E-state index in [1.54, 1.807) is 17.9 Å². The van der Waals surface area contributed by atoms with Crippen molar-refractivity contribution in [1.29, 1.82) is 0 Å². The maximum Gasteiger partial charge on any atom is 0.271 e. The third-order valence-corrected chi connectivity index (χ3v) is 5.97. The van der Waals surface area contributed by atoms with Crippen molar-refractivity contribution in [2.75, 3.05) is 12.3 Å². The van der Waals surface area contributed by atoms with E-state index in [0.717, 1.165) is 24.3 Å². The lowest BCUT2D eigenvalue weighted by molar-refractivity contribution is -0.0503. The third-order valence-electron chi connectivity index (χ3n) is 5.97. The van der Waals surface area contributed by atoms with Gasteiger partial charge in [0, 0.05) is 13.6 Å². The van der Waals surface area contributed by atoms with E-state index in [4.69, 9.17) is 5.73 Å². The molecule has 0 aromatic carbocycles. The molecule has 0 atom stereocenters. The van der Waals surface area contributed by atoms with Crippen molar-refractivity contribution in [1.82, 2.24) is 15.1 Å². The first-order chi connectivity index (χ1) is 10.0. The number of carbonyl (C=O) groups excluding carboxylic acids is 1. The van der Waals surface area contributed by atoms with Gasteiger partial charge in [0.2, 0.25) is 0 Å². The Bertz CT molecular complexity index is 522. The molecule has 4 fully saturated rings. The number of anilines is 1. The van der Waals surface area contributed by atoms with Crippen LogP contribution >= 0.6 is 0 Å². The van der Waals surface area contributed by atoms with E-state index in [2.05, 4.69) is 10.4 Å². The van der Waals surface area contributed by atoms with Crippen molar-refractivity contribution >= 4 is 11.6 Å². The third kappa shape index (κ3) is 2.14. The standard InChI is InChI=1S/C16H24N4O/c1-20-14(13(17)8-19-20)15(21)18-9-16-5-10-2-11(6-16)4-12(3-10)7-16/h8,10-12H,2-7,9,17H2,1H3,(H,18,21). The minimum absolute atomic E-state index is 0.0803. The van der Waals surface area contributed by atoms with Crippen LogP contribution in [0.4, 0.5) is 5.69 Å². The number of nitrogens with zero attached hydrogens (tertiary/aromatic N) is 2. The predicted octanol–water partition coefficient (Wildman–Crippen LogP) is 1.95. The molecule has 3 N–H and O–H groups in total. The maximum absolute atomic E-state index is 12.4. The van der Waals surface area contributed by atoms with Crippen LogP contribution in [0.3, 0.4) is 0 Å². The van der Waals surface area contributed by atoms with E-state index in [1.165, 1.54) is 38.5 Å². The van der Waals surface area contributed by atoms with Crippen LogP contribution in [0.5, 0.6) is 0 Å². The zero-order valence-electron chi connectivity index (χ0n) is 12.6. The Hall–Kier alpha value is -1.52. The van der Waals surface area contributed by atoms with Gasteiger partial charge in [-0.2, -0.15) is 5.10 Å². The molecule has 0 spiro atoms. The highest BCUT2D eigenvalue weighted by Crippen LogP contribution is 2.59. The summed E-state index contributed by atoms with van der Waals surface area (Å²) in [6, 6.07) is 0. The molecule has 0 radical (unpaired) electrons. The van der Waals surface area contributed by atoms with Crippen LogP contribution in [0.25, 0.3) is 0 Å². The number of nitrogens with one attached hydrogen (secondary N) is 1. The number of aryl methyl sites for hydroxylation is 1. The summed E-state index contributed by atoms with van der Waals surface area (Å²) in [5, 5.41) is 7.19. The summed E-state index contributed by atoms with van der Waals surface area (Å²) >= 11 is 0. The Morgan fingerprint density at radius 3 is 2.38 bits per heavy atom.